The number of aromatic nitrogens is 2. The molecule has 2 atom stereocenters. The second kappa shape index (κ2) is 17.9. The average molecular weight is 829 g/mol. The fourth-order valence-corrected chi connectivity index (χ4v) is 9.57. The van der Waals surface area contributed by atoms with Crippen LogP contribution in [0.1, 0.15) is 92.5 Å². The summed E-state index contributed by atoms with van der Waals surface area (Å²) >= 11 is 0. The van der Waals surface area contributed by atoms with Crippen LogP contribution in [-0.4, -0.2) is 128 Å². The normalized spacial score (nSPS) is 25.2. The zero-order chi connectivity index (χ0) is 42.0. The summed E-state index contributed by atoms with van der Waals surface area (Å²) in [5.74, 6) is -1.51. The largest absolute Gasteiger partial charge is 0.391 e. The average Bonchev–Trinajstić information content (AvgIpc) is 3.69. The molecule has 1 aliphatic carbocycles. The number of benzene rings is 2. The van der Waals surface area contributed by atoms with E-state index in [2.05, 4.69) is 30.8 Å². The molecule has 8 rings (SSSR count). The van der Waals surface area contributed by atoms with Crippen molar-refractivity contribution >= 4 is 35.3 Å². The van der Waals surface area contributed by atoms with Crippen molar-refractivity contribution in [2.75, 3.05) is 56.4 Å². The van der Waals surface area contributed by atoms with Gasteiger partial charge in [0.05, 0.1) is 17.9 Å². The van der Waals surface area contributed by atoms with E-state index in [9.17, 15) is 33.8 Å². The number of piperidine rings is 3. The fraction of sp³-hybridized carbons (Fsp3) is 0.545. The lowest BCUT2D eigenvalue weighted by molar-refractivity contribution is -0.141. The molecule has 5 heterocycles. The summed E-state index contributed by atoms with van der Waals surface area (Å²) < 4.78 is 30.3. The van der Waals surface area contributed by atoms with Crippen molar-refractivity contribution in [1.82, 2.24) is 30.0 Å². The summed E-state index contributed by atoms with van der Waals surface area (Å²) in [6.45, 7) is 3.70. The van der Waals surface area contributed by atoms with E-state index in [1.54, 1.807) is 41.3 Å². The van der Waals surface area contributed by atoms with E-state index in [-0.39, 0.29) is 66.0 Å². The number of aliphatic hydroxyl groups excluding tert-OH is 1. The van der Waals surface area contributed by atoms with Crippen molar-refractivity contribution < 1.29 is 38.2 Å². The highest BCUT2D eigenvalue weighted by atomic mass is 19.1. The quantitative estimate of drug-likeness (QED) is 0.186. The molecule has 14 nitrogen and oxygen atoms in total. The molecule has 0 radical (unpaired) electrons. The van der Waals surface area contributed by atoms with Crippen molar-refractivity contribution in [3.63, 3.8) is 0 Å². The molecule has 4 aliphatic heterocycles. The topological polar surface area (TPSA) is 180 Å². The Labute approximate surface area is 348 Å². The van der Waals surface area contributed by atoms with Crippen molar-refractivity contribution in [2.24, 2.45) is 5.92 Å². The molecule has 5 N–H and O–H groups in total. The lowest BCUT2D eigenvalue weighted by Crippen LogP contribution is -2.54. The molecule has 1 unspecified atom stereocenters. The summed E-state index contributed by atoms with van der Waals surface area (Å²) in [5.41, 5.74) is 1.18. The van der Waals surface area contributed by atoms with Gasteiger partial charge in [0.15, 0.2) is 5.82 Å². The van der Waals surface area contributed by atoms with Crippen LogP contribution in [0.5, 0.6) is 0 Å². The van der Waals surface area contributed by atoms with E-state index in [0.717, 1.165) is 45.0 Å². The monoisotopic (exact) mass is 828 g/mol. The third-order valence-electron chi connectivity index (χ3n) is 13.1. The van der Waals surface area contributed by atoms with Gasteiger partial charge in [0.2, 0.25) is 23.7 Å². The lowest BCUT2D eigenvalue weighted by Gasteiger charge is -2.43. The number of nitrogens with one attached hydrogen (secondary N) is 3. The van der Waals surface area contributed by atoms with Gasteiger partial charge in [-0.25, -0.2) is 18.7 Å². The molecule has 320 valence electrons. The summed E-state index contributed by atoms with van der Waals surface area (Å²) in [5, 5.41) is 30.1. The Morgan fingerprint density at radius 1 is 0.867 bits per heavy atom. The number of hydrogen-bond acceptors (Lipinski definition) is 11. The number of imide groups is 1. The number of β-amino-alcohol motifs (C(OH)–C–C–N with tert-alkyl or cyclic N) is 2. The summed E-state index contributed by atoms with van der Waals surface area (Å²) in [6.07, 6.45) is 7.05. The maximum absolute atomic E-state index is 15.3. The molecule has 4 saturated heterocycles. The zero-order valence-electron chi connectivity index (χ0n) is 33.8. The van der Waals surface area contributed by atoms with E-state index in [4.69, 9.17) is 0 Å². The Bertz CT molecular complexity index is 2080. The highest BCUT2D eigenvalue weighted by molar-refractivity contribution is 6.01. The van der Waals surface area contributed by atoms with Crippen LogP contribution >= 0.6 is 0 Å². The van der Waals surface area contributed by atoms with E-state index in [1.165, 1.54) is 6.07 Å². The van der Waals surface area contributed by atoms with Gasteiger partial charge in [-0.2, -0.15) is 0 Å². The minimum Gasteiger partial charge on any atom is -0.391 e. The molecule has 1 saturated carbocycles. The SMILES string of the molecule is O=C1CCC(Nc2ccc(C3CCN(CC4(O)CCN(C(=O)C5CCC(Nc6ncc(F)c(-c7cccc(C(=O)N8CC[C@H](O)C8)c7)n6)CC5)CC4)CC3)c(F)c2)C(=O)N1. The number of nitrogens with zero attached hydrogens (tertiary/aromatic N) is 5. The van der Waals surface area contributed by atoms with Crippen molar-refractivity contribution in [1.29, 1.82) is 0 Å². The molecule has 60 heavy (non-hydrogen) atoms. The van der Waals surface area contributed by atoms with Crippen LogP contribution in [0.15, 0.2) is 48.7 Å². The Kier molecular flexibility index (Phi) is 12.4. The maximum Gasteiger partial charge on any atom is 0.253 e. The molecule has 0 spiro atoms. The number of aliphatic hydroxyl groups is 2. The number of rotatable bonds is 10. The molecule has 2 aromatic carbocycles. The number of likely N-dealkylation sites (tertiary alicyclic amines) is 3. The Balaban J connectivity index is 0.768. The number of halogens is 2. The van der Waals surface area contributed by atoms with Gasteiger partial charge in [-0.3, -0.25) is 24.5 Å². The van der Waals surface area contributed by atoms with Gasteiger partial charge in [0, 0.05) is 67.9 Å². The van der Waals surface area contributed by atoms with Crippen LogP contribution in [-0.2, 0) is 14.4 Å². The predicted octanol–water partition coefficient (Wildman–Crippen LogP) is 4.05. The van der Waals surface area contributed by atoms with Gasteiger partial charge >= 0.3 is 0 Å². The first kappa shape index (κ1) is 41.7. The number of amides is 4. The van der Waals surface area contributed by atoms with E-state index >= 15 is 4.39 Å². The molecule has 16 heteroatoms. The number of anilines is 2. The molecular weight excluding hydrogens is 775 g/mol. The first-order chi connectivity index (χ1) is 28.9. The van der Waals surface area contributed by atoms with Crippen LogP contribution in [0.2, 0.25) is 0 Å². The maximum atomic E-state index is 15.3. The molecule has 1 aromatic heterocycles. The van der Waals surface area contributed by atoms with Crippen LogP contribution < -0.4 is 16.0 Å². The Morgan fingerprint density at radius 3 is 2.33 bits per heavy atom. The standard InChI is InChI=1S/C44H54F2N8O6/c45-35-23-32(48-37-10-11-38(56)50-40(37)57)8-9-34(35)27-12-17-52(18-13-27)26-44(60)15-20-53(21-16-44)41(58)28-4-6-31(7-5-28)49-43-47-24-36(46)39(51-43)29-2-1-3-30(22-29)42(59)54-19-14-33(55)25-54/h1-3,8-9,22-24,27-28,31,33,37,48,55,60H,4-7,10-21,25-26H2,(H,47,49,51)(H,50,56,57)/t28?,31?,33-,37?/m0/s1. The predicted molar refractivity (Wildman–Crippen MR) is 219 cm³/mol. The smallest absolute Gasteiger partial charge is 0.253 e. The summed E-state index contributed by atoms with van der Waals surface area (Å²) in [4.78, 5) is 64.5. The van der Waals surface area contributed by atoms with Gasteiger partial charge in [0.25, 0.3) is 5.91 Å². The van der Waals surface area contributed by atoms with Gasteiger partial charge in [-0.05, 0) is 113 Å². The highest BCUT2D eigenvalue weighted by Gasteiger charge is 2.39. The number of hydrogen-bond donors (Lipinski definition) is 5. The summed E-state index contributed by atoms with van der Waals surface area (Å²) in [6, 6.07) is 11.1. The summed E-state index contributed by atoms with van der Waals surface area (Å²) in [7, 11) is 0. The molecule has 4 amide bonds. The van der Waals surface area contributed by atoms with Gasteiger partial charge in [0.1, 0.15) is 17.6 Å². The minimum absolute atomic E-state index is 0.00955. The van der Waals surface area contributed by atoms with Crippen LogP contribution in [0.3, 0.4) is 0 Å². The van der Waals surface area contributed by atoms with Gasteiger partial charge < -0.3 is 35.5 Å². The third kappa shape index (κ3) is 9.60. The van der Waals surface area contributed by atoms with Gasteiger partial charge in [-0.1, -0.05) is 18.2 Å². The molecule has 3 aromatic rings. The zero-order valence-corrected chi connectivity index (χ0v) is 33.8. The molecular formula is C44H54F2N8O6. The van der Waals surface area contributed by atoms with Crippen LogP contribution in [0, 0.1) is 17.6 Å². The second-order valence-corrected chi connectivity index (χ2v) is 17.3. The first-order valence-electron chi connectivity index (χ1n) is 21.4. The van der Waals surface area contributed by atoms with E-state index < -0.39 is 29.5 Å². The highest BCUT2D eigenvalue weighted by Crippen LogP contribution is 2.35. The van der Waals surface area contributed by atoms with Gasteiger partial charge in [-0.15, -0.1) is 0 Å². The fourth-order valence-electron chi connectivity index (χ4n) is 9.57. The number of carbonyl (C=O) groups excluding carboxylic acids is 4. The van der Waals surface area contributed by atoms with Crippen LogP contribution in [0.4, 0.5) is 20.4 Å². The first-order valence-corrected chi connectivity index (χ1v) is 21.4. The number of carbonyl (C=O) groups is 4. The van der Waals surface area contributed by atoms with Crippen molar-refractivity contribution in [3.8, 4) is 11.3 Å². The third-order valence-corrected chi connectivity index (χ3v) is 13.1. The van der Waals surface area contributed by atoms with Crippen LogP contribution in [0.25, 0.3) is 11.3 Å². The van der Waals surface area contributed by atoms with Crippen molar-refractivity contribution in [3.05, 3.63) is 71.4 Å². The second-order valence-electron chi connectivity index (χ2n) is 17.3. The Morgan fingerprint density at radius 2 is 1.63 bits per heavy atom. The van der Waals surface area contributed by atoms with Crippen molar-refractivity contribution in [2.45, 2.75) is 100 Å². The Hall–Kier alpha value is -5.06. The van der Waals surface area contributed by atoms with E-state index in [0.29, 0.717) is 87.1 Å². The lowest BCUT2D eigenvalue weighted by atomic mass is 9.83. The van der Waals surface area contributed by atoms with E-state index in [1.807, 2.05) is 4.90 Å². The molecule has 0 bridgehead atoms. The molecule has 5 aliphatic rings. The molecule has 5 fully saturated rings. The minimum atomic E-state index is -0.901.